The summed E-state index contributed by atoms with van der Waals surface area (Å²) < 4.78 is 18.3. The number of guanidine groups is 1. The lowest BCUT2D eigenvalue weighted by molar-refractivity contribution is 0.313. The highest BCUT2D eigenvalue weighted by Gasteiger charge is 2.11. The molecule has 0 radical (unpaired) electrons. The number of hydrogen-bond donors (Lipinski definition) is 2. The van der Waals surface area contributed by atoms with Gasteiger partial charge in [0, 0.05) is 25.6 Å². The van der Waals surface area contributed by atoms with Crippen LogP contribution in [0.3, 0.4) is 0 Å². The number of aliphatic imine (C=N–C) groups is 1. The Hall–Kier alpha value is -2.04. The molecule has 0 saturated carbocycles. The number of benzene rings is 1. The van der Waals surface area contributed by atoms with Gasteiger partial charge in [0.15, 0.2) is 5.96 Å². The molecule has 0 atom stereocenters. The molecular formula is C17H24FN3O. The standard InChI is InChI=1S/C17H24FN3O/c1-2-19-17(21-15-6-3-4-7-15)20-12-5-13-22-16-10-8-14(18)9-11-16/h3-4,8-11,15H,2,5-7,12-13H2,1H3,(H2,19,20,21). The normalized spacial score (nSPS) is 15.1. The molecule has 1 aromatic rings. The molecule has 0 unspecified atom stereocenters. The number of rotatable bonds is 7. The van der Waals surface area contributed by atoms with Crippen LogP contribution in [0, 0.1) is 5.82 Å². The van der Waals surface area contributed by atoms with E-state index in [1.165, 1.54) is 12.1 Å². The van der Waals surface area contributed by atoms with E-state index in [1.807, 2.05) is 0 Å². The van der Waals surface area contributed by atoms with Gasteiger partial charge in [-0.1, -0.05) is 12.2 Å². The minimum absolute atomic E-state index is 0.250. The molecule has 1 aromatic carbocycles. The molecule has 0 aliphatic heterocycles. The molecule has 120 valence electrons. The van der Waals surface area contributed by atoms with E-state index in [0.717, 1.165) is 31.8 Å². The van der Waals surface area contributed by atoms with Crippen molar-refractivity contribution in [1.29, 1.82) is 0 Å². The summed E-state index contributed by atoms with van der Waals surface area (Å²) in [6, 6.07) is 6.52. The molecule has 4 nitrogen and oxygen atoms in total. The van der Waals surface area contributed by atoms with Crippen LogP contribution in [0.1, 0.15) is 26.2 Å². The van der Waals surface area contributed by atoms with Crippen LogP contribution in [-0.2, 0) is 0 Å². The number of nitrogens with zero attached hydrogens (tertiary/aromatic N) is 1. The quantitative estimate of drug-likeness (QED) is 0.352. The van der Waals surface area contributed by atoms with E-state index in [1.54, 1.807) is 12.1 Å². The Kier molecular flexibility index (Phi) is 6.74. The fourth-order valence-corrected chi connectivity index (χ4v) is 2.22. The zero-order valence-corrected chi connectivity index (χ0v) is 13.0. The summed E-state index contributed by atoms with van der Waals surface area (Å²) in [7, 11) is 0. The fraction of sp³-hybridized carbons (Fsp3) is 0.471. The second-order valence-electron chi connectivity index (χ2n) is 5.20. The van der Waals surface area contributed by atoms with Gasteiger partial charge in [0.1, 0.15) is 11.6 Å². The highest BCUT2D eigenvalue weighted by molar-refractivity contribution is 5.80. The van der Waals surface area contributed by atoms with Crippen LogP contribution in [0.2, 0.25) is 0 Å². The molecule has 1 aliphatic carbocycles. The summed E-state index contributed by atoms with van der Waals surface area (Å²) in [4.78, 5) is 4.55. The summed E-state index contributed by atoms with van der Waals surface area (Å²) in [5, 5.41) is 6.68. The van der Waals surface area contributed by atoms with Crippen molar-refractivity contribution in [2.45, 2.75) is 32.2 Å². The first-order valence-electron chi connectivity index (χ1n) is 7.86. The summed E-state index contributed by atoms with van der Waals surface area (Å²) in [6.07, 6.45) is 7.31. The average molecular weight is 305 g/mol. The maximum absolute atomic E-state index is 12.8. The number of ether oxygens (including phenoxy) is 1. The zero-order valence-electron chi connectivity index (χ0n) is 13.0. The minimum Gasteiger partial charge on any atom is -0.494 e. The van der Waals surface area contributed by atoms with Crippen LogP contribution in [-0.4, -0.2) is 31.7 Å². The Bertz CT molecular complexity index is 491. The van der Waals surface area contributed by atoms with Gasteiger partial charge in [-0.3, -0.25) is 4.99 Å². The van der Waals surface area contributed by atoms with E-state index in [0.29, 0.717) is 24.9 Å². The Morgan fingerprint density at radius 2 is 2.00 bits per heavy atom. The molecule has 22 heavy (non-hydrogen) atoms. The molecule has 0 aromatic heterocycles. The topological polar surface area (TPSA) is 45.7 Å². The van der Waals surface area contributed by atoms with Gasteiger partial charge in [-0.05, 0) is 44.0 Å². The molecule has 0 spiro atoms. The molecule has 0 bridgehead atoms. The highest BCUT2D eigenvalue weighted by atomic mass is 19.1. The van der Waals surface area contributed by atoms with E-state index in [2.05, 4.69) is 34.7 Å². The summed E-state index contributed by atoms with van der Waals surface area (Å²) in [5.74, 6) is 1.30. The van der Waals surface area contributed by atoms with Crippen LogP contribution in [0.15, 0.2) is 41.4 Å². The first kappa shape index (κ1) is 16.3. The molecular weight excluding hydrogens is 281 g/mol. The van der Waals surface area contributed by atoms with Gasteiger partial charge in [-0.2, -0.15) is 0 Å². The summed E-state index contributed by atoms with van der Waals surface area (Å²) >= 11 is 0. The molecule has 5 heteroatoms. The lowest BCUT2D eigenvalue weighted by Crippen LogP contribution is -2.42. The van der Waals surface area contributed by atoms with E-state index in [-0.39, 0.29) is 5.82 Å². The van der Waals surface area contributed by atoms with Gasteiger partial charge in [0.2, 0.25) is 0 Å². The Labute approximate surface area is 131 Å². The highest BCUT2D eigenvalue weighted by Crippen LogP contribution is 2.11. The number of hydrogen-bond acceptors (Lipinski definition) is 2. The van der Waals surface area contributed by atoms with Gasteiger partial charge >= 0.3 is 0 Å². The molecule has 1 aliphatic rings. The van der Waals surface area contributed by atoms with Gasteiger partial charge < -0.3 is 15.4 Å². The van der Waals surface area contributed by atoms with Crippen molar-refractivity contribution >= 4 is 5.96 Å². The smallest absolute Gasteiger partial charge is 0.191 e. The monoisotopic (exact) mass is 305 g/mol. The van der Waals surface area contributed by atoms with Crippen molar-refractivity contribution in [2.75, 3.05) is 19.7 Å². The van der Waals surface area contributed by atoms with E-state index >= 15 is 0 Å². The van der Waals surface area contributed by atoms with E-state index < -0.39 is 0 Å². The Morgan fingerprint density at radius 1 is 1.27 bits per heavy atom. The zero-order chi connectivity index (χ0) is 15.6. The van der Waals surface area contributed by atoms with Crippen molar-refractivity contribution < 1.29 is 9.13 Å². The van der Waals surface area contributed by atoms with Gasteiger partial charge in [-0.25, -0.2) is 4.39 Å². The molecule has 0 heterocycles. The first-order valence-corrected chi connectivity index (χ1v) is 7.86. The van der Waals surface area contributed by atoms with Crippen LogP contribution in [0.25, 0.3) is 0 Å². The van der Waals surface area contributed by atoms with Crippen molar-refractivity contribution in [3.63, 3.8) is 0 Å². The Morgan fingerprint density at radius 3 is 2.68 bits per heavy atom. The first-order chi connectivity index (χ1) is 10.8. The molecule has 0 fully saturated rings. The van der Waals surface area contributed by atoms with Crippen LogP contribution in [0.4, 0.5) is 4.39 Å². The van der Waals surface area contributed by atoms with Crippen LogP contribution in [0.5, 0.6) is 5.75 Å². The summed E-state index contributed by atoms with van der Waals surface area (Å²) in [5.41, 5.74) is 0. The van der Waals surface area contributed by atoms with Crippen LogP contribution < -0.4 is 15.4 Å². The predicted octanol–water partition coefficient (Wildman–Crippen LogP) is 2.87. The van der Waals surface area contributed by atoms with Crippen molar-refractivity contribution in [3.05, 3.63) is 42.2 Å². The van der Waals surface area contributed by atoms with Crippen molar-refractivity contribution in [3.8, 4) is 5.75 Å². The van der Waals surface area contributed by atoms with Crippen molar-refractivity contribution in [2.24, 2.45) is 4.99 Å². The number of halogens is 1. The lowest BCUT2D eigenvalue weighted by Gasteiger charge is -2.16. The average Bonchev–Trinajstić information content (AvgIpc) is 3.02. The molecule has 2 N–H and O–H groups in total. The van der Waals surface area contributed by atoms with Crippen LogP contribution >= 0.6 is 0 Å². The fourth-order valence-electron chi connectivity index (χ4n) is 2.22. The third kappa shape index (κ3) is 5.76. The third-order valence-corrected chi connectivity index (χ3v) is 3.35. The molecule has 0 amide bonds. The Balaban J connectivity index is 1.68. The van der Waals surface area contributed by atoms with Gasteiger partial charge in [0.05, 0.1) is 6.61 Å². The molecule has 0 saturated heterocycles. The summed E-state index contributed by atoms with van der Waals surface area (Å²) in [6.45, 7) is 4.16. The second-order valence-corrected chi connectivity index (χ2v) is 5.20. The van der Waals surface area contributed by atoms with Crippen molar-refractivity contribution in [1.82, 2.24) is 10.6 Å². The number of nitrogens with one attached hydrogen (secondary N) is 2. The SMILES string of the molecule is CCNC(=NCCCOc1ccc(F)cc1)NC1CC=CC1. The minimum atomic E-state index is -0.250. The van der Waals surface area contributed by atoms with Gasteiger partial charge in [-0.15, -0.1) is 0 Å². The van der Waals surface area contributed by atoms with E-state index in [4.69, 9.17) is 4.74 Å². The second kappa shape index (κ2) is 9.07. The lowest BCUT2D eigenvalue weighted by atomic mass is 10.2. The largest absolute Gasteiger partial charge is 0.494 e. The van der Waals surface area contributed by atoms with Gasteiger partial charge in [0.25, 0.3) is 0 Å². The molecule has 2 rings (SSSR count). The maximum Gasteiger partial charge on any atom is 0.191 e. The third-order valence-electron chi connectivity index (χ3n) is 3.35. The maximum atomic E-state index is 12.8. The van der Waals surface area contributed by atoms with E-state index in [9.17, 15) is 4.39 Å². The predicted molar refractivity (Wildman–Crippen MR) is 87.8 cm³/mol.